The van der Waals surface area contributed by atoms with Crippen LogP contribution in [0.25, 0.3) is 0 Å². The summed E-state index contributed by atoms with van der Waals surface area (Å²) in [6.45, 7) is 0. The number of ether oxygens (including phenoxy) is 1. The lowest BCUT2D eigenvalue weighted by Gasteiger charge is -2.18. The van der Waals surface area contributed by atoms with E-state index in [4.69, 9.17) is 4.74 Å². The van der Waals surface area contributed by atoms with E-state index in [9.17, 15) is 9.59 Å². The lowest BCUT2D eigenvalue weighted by molar-refractivity contribution is 0.0598. The molecule has 0 N–H and O–H groups in total. The second-order valence-electron chi connectivity index (χ2n) is 7.06. The maximum absolute atomic E-state index is 13.1. The molecule has 2 aromatic rings. The van der Waals surface area contributed by atoms with Gasteiger partial charge in [0.1, 0.15) is 0 Å². The highest BCUT2D eigenvalue weighted by Gasteiger charge is 2.34. The molecule has 4 rings (SSSR count). The highest BCUT2D eigenvalue weighted by molar-refractivity contribution is 6.04. The Balaban J connectivity index is 1.64. The Morgan fingerprint density at radius 2 is 1.84 bits per heavy atom. The standard InChI is InChI=1S/C22H22O3/c1-25-22(24)19-9-5-3-7-15(19)12-17-13-16-11-10-14-6-2-4-8-18(14)20(16)21(17)23/h3,5,7,9-11,17H,2,4,6,8,12-13H2,1H3/t17-/m0/s1. The molecule has 0 radical (unpaired) electrons. The lowest BCUT2D eigenvalue weighted by Crippen LogP contribution is -2.16. The van der Waals surface area contributed by atoms with Crippen LogP contribution < -0.4 is 0 Å². The molecule has 0 aromatic heterocycles. The molecule has 2 aromatic carbocycles. The fourth-order valence-electron chi connectivity index (χ4n) is 4.35. The summed E-state index contributed by atoms with van der Waals surface area (Å²) < 4.78 is 4.88. The van der Waals surface area contributed by atoms with Gasteiger partial charge in [0.05, 0.1) is 12.7 Å². The molecule has 128 valence electrons. The Kier molecular flexibility index (Phi) is 4.16. The van der Waals surface area contributed by atoms with Gasteiger partial charge in [0.15, 0.2) is 5.78 Å². The van der Waals surface area contributed by atoms with Crippen molar-refractivity contribution < 1.29 is 14.3 Å². The minimum Gasteiger partial charge on any atom is -0.465 e. The molecule has 0 amide bonds. The summed E-state index contributed by atoms with van der Waals surface area (Å²) in [5.74, 6) is -0.154. The van der Waals surface area contributed by atoms with Gasteiger partial charge in [-0.05, 0) is 66.8 Å². The molecule has 0 spiro atoms. The minimum absolute atomic E-state index is 0.0748. The van der Waals surface area contributed by atoms with Gasteiger partial charge in [-0.2, -0.15) is 0 Å². The molecule has 25 heavy (non-hydrogen) atoms. The molecule has 0 saturated heterocycles. The van der Waals surface area contributed by atoms with Crippen molar-refractivity contribution in [2.45, 2.75) is 38.5 Å². The van der Waals surface area contributed by atoms with Crippen LogP contribution in [0, 0.1) is 5.92 Å². The van der Waals surface area contributed by atoms with E-state index in [2.05, 4.69) is 12.1 Å². The van der Waals surface area contributed by atoms with E-state index in [1.807, 2.05) is 18.2 Å². The zero-order chi connectivity index (χ0) is 17.4. The predicted octanol–water partition coefficient (Wildman–Crippen LogP) is 3.95. The molecule has 0 heterocycles. The second kappa shape index (κ2) is 6.47. The normalized spacial score (nSPS) is 18.6. The largest absolute Gasteiger partial charge is 0.465 e. The number of fused-ring (bicyclic) bond motifs is 3. The Morgan fingerprint density at radius 1 is 1.08 bits per heavy atom. The highest BCUT2D eigenvalue weighted by atomic mass is 16.5. The van der Waals surface area contributed by atoms with Crippen molar-refractivity contribution in [3.8, 4) is 0 Å². The van der Waals surface area contributed by atoms with Gasteiger partial charge in [0.2, 0.25) is 0 Å². The Morgan fingerprint density at radius 3 is 2.68 bits per heavy atom. The van der Waals surface area contributed by atoms with Crippen molar-refractivity contribution in [2.24, 2.45) is 5.92 Å². The van der Waals surface area contributed by atoms with Crippen molar-refractivity contribution in [3.63, 3.8) is 0 Å². The quantitative estimate of drug-likeness (QED) is 0.798. The molecule has 0 bridgehead atoms. The van der Waals surface area contributed by atoms with Crippen molar-refractivity contribution in [3.05, 3.63) is 69.8 Å². The van der Waals surface area contributed by atoms with E-state index >= 15 is 0 Å². The summed E-state index contributed by atoms with van der Waals surface area (Å²) in [5, 5.41) is 0. The topological polar surface area (TPSA) is 43.4 Å². The molecule has 0 aliphatic heterocycles. The maximum Gasteiger partial charge on any atom is 0.338 e. The molecule has 0 unspecified atom stereocenters. The zero-order valence-corrected chi connectivity index (χ0v) is 14.5. The average Bonchev–Trinajstić information content (AvgIpc) is 2.97. The van der Waals surface area contributed by atoms with Crippen LogP contribution in [0.1, 0.15) is 55.8 Å². The number of rotatable bonds is 3. The van der Waals surface area contributed by atoms with Crippen LogP contribution in [0.5, 0.6) is 0 Å². The Hall–Kier alpha value is -2.42. The van der Waals surface area contributed by atoms with Gasteiger partial charge < -0.3 is 4.74 Å². The second-order valence-corrected chi connectivity index (χ2v) is 7.06. The smallest absolute Gasteiger partial charge is 0.338 e. The number of benzene rings is 2. The Bertz CT molecular complexity index is 850. The zero-order valence-electron chi connectivity index (χ0n) is 14.5. The van der Waals surface area contributed by atoms with E-state index in [1.54, 1.807) is 6.07 Å². The number of esters is 1. The molecular formula is C22H22O3. The maximum atomic E-state index is 13.1. The van der Waals surface area contributed by atoms with Gasteiger partial charge >= 0.3 is 5.97 Å². The van der Waals surface area contributed by atoms with E-state index in [-0.39, 0.29) is 17.7 Å². The molecule has 3 heteroatoms. The van der Waals surface area contributed by atoms with E-state index in [1.165, 1.54) is 36.6 Å². The van der Waals surface area contributed by atoms with E-state index < -0.39 is 0 Å². The van der Waals surface area contributed by atoms with E-state index in [0.717, 1.165) is 30.4 Å². The van der Waals surface area contributed by atoms with Crippen LogP contribution in [0.3, 0.4) is 0 Å². The van der Waals surface area contributed by atoms with E-state index in [0.29, 0.717) is 12.0 Å². The van der Waals surface area contributed by atoms with Gasteiger partial charge in [-0.25, -0.2) is 4.79 Å². The van der Waals surface area contributed by atoms with Crippen molar-refractivity contribution in [1.82, 2.24) is 0 Å². The van der Waals surface area contributed by atoms with Crippen LogP contribution in [-0.2, 0) is 30.4 Å². The van der Waals surface area contributed by atoms with Gasteiger partial charge in [0.25, 0.3) is 0 Å². The monoisotopic (exact) mass is 334 g/mol. The number of aryl methyl sites for hydroxylation is 1. The first kappa shape index (κ1) is 16.1. The average molecular weight is 334 g/mol. The number of hydrogen-bond donors (Lipinski definition) is 0. The first-order valence-electron chi connectivity index (χ1n) is 9.03. The number of carbonyl (C=O) groups is 2. The first-order chi connectivity index (χ1) is 12.2. The summed E-state index contributed by atoms with van der Waals surface area (Å²) >= 11 is 0. The fourth-order valence-corrected chi connectivity index (χ4v) is 4.35. The third-order valence-corrected chi connectivity index (χ3v) is 5.59. The van der Waals surface area contributed by atoms with Crippen LogP contribution in [-0.4, -0.2) is 18.9 Å². The van der Waals surface area contributed by atoms with Crippen LogP contribution in [0.2, 0.25) is 0 Å². The molecule has 2 aliphatic carbocycles. The van der Waals surface area contributed by atoms with Crippen molar-refractivity contribution >= 4 is 11.8 Å². The number of ketones is 1. The highest BCUT2D eigenvalue weighted by Crippen LogP contribution is 2.36. The third kappa shape index (κ3) is 2.78. The number of carbonyl (C=O) groups excluding carboxylic acids is 2. The SMILES string of the molecule is COC(=O)c1ccccc1C[C@H]1Cc2ccc3c(c2C1=O)CCCC3. The first-order valence-corrected chi connectivity index (χ1v) is 9.03. The number of methoxy groups -OCH3 is 1. The van der Waals surface area contributed by atoms with Gasteiger partial charge in [-0.15, -0.1) is 0 Å². The summed E-state index contributed by atoms with van der Waals surface area (Å²) in [7, 11) is 1.39. The van der Waals surface area contributed by atoms with Crippen molar-refractivity contribution in [1.29, 1.82) is 0 Å². The fraction of sp³-hybridized carbons (Fsp3) is 0.364. The molecular weight excluding hydrogens is 312 g/mol. The predicted molar refractivity (Wildman–Crippen MR) is 96.1 cm³/mol. The molecule has 2 aliphatic rings. The summed E-state index contributed by atoms with van der Waals surface area (Å²) in [6.07, 6.45) is 5.87. The molecule has 1 atom stereocenters. The van der Waals surface area contributed by atoms with Crippen LogP contribution in [0.15, 0.2) is 36.4 Å². The molecule has 0 fully saturated rings. The summed E-state index contributed by atoms with van der Waals surface area (Å²) in [5.41, 5.74) is 6.28. The molecule has 0 saturated carbocycles. The van der Waals surface area contributed by atoms with Crippen LogP contribution >= 0.6 is 0 Å². The summed E-state index contributed by atoms with van der Waals surface area (Å²) in [6, 6.07) is 11.8. The minimum atomic E-state index is -0.337. The number of Topliss-reactive ketones (excluding diaryl/α,β-unsaturated/α-hetero) is 1. The third-order valence-electron chi connectivity index (χ3n) is 5.59. The van der Waals surface area contributed by atoms with Crippen molar-refractivity contribution in [2.75, 3.05) is 7.11 Å². The number of hydrogen-bond acceptors (Lipinski definition) is 3. The lowest BCUT2D eigenvalue weighted by atomic mass is 9.86. The molecule has 3 nitrogen and oxygen atoms in total. The van der Waals surface area contributed by atoms with Gasteiger partial charge in [0, 0.05) is 11.5 Å². The van der Waals surface area contributed by atoms with Gasteiger partial charge in [-0.3, -0.25) is 4.79 Å². The van der Waals surface area contributed by atoms with Crippen LogP contribution in [0.4, 0.5) is 0 Å². The summed E-state index contributed by atoms with van der Waals surface area (Å²) in [4.78, 5) is 25.1. The van der Waals surface area contributed by atoms with Gasteiger partial charge in [-0.1, -0.05) is 30.3 Å². The Labute approximate surface area is 148 Å².